The second-order valence-corrected chi connectivity index (χ2v) is 7.08. The van der Waals surface area contributed by atoms with Crippen LogP contribution in [0.5, 0.6) is 0 Å². The zero-order valence-electron chi connectivity index (χ0n) is 14.8. The van der Waals surface area contributed by atoms with Crippen LogP contribution in [0.3, 0.4) is 0 Å². The molecule has 5 heteroatoms. The fourth-order valence-electron chi connectivity index (χ4n) is 2.80. The third kappa shape index (κ3) is 4.15. The summed E-state index contributed by atoms with van der Waals surface area (Å²) in [6.07, 6.45) is 0.233. The Labute approximate surface area is 161 Å². The maximum Gasteiger partial charge on any atom is 0.230 e. The van der Waals surface area contributed by atoms with Gasteiger partial charge in [0.2, 0.25) is 5.91 Å². The van der Waals surface area contributed by atoms with E-state index < -0.39 is 0 Å². The molecule has 0 radical (unpaired) electrons. The lowest BCUT2D eigenvalue weighted by Gasteiger charge is -2.06. The van der Waals surface area contributed by atoms with E-state index in [0.29, 0.717) is 0 Å². The van der Waals surface area contributed by atoms with Gasteiger partial charge in [0.25, 0.3) is 0 Å². The van der Waals surface area contributed by atoms with Crippen molar-refractivity contribution in [3.63, 3.8) is 0 Å². The topological polar surface area (TPSA) is 55.1 Å². The Morgan fingerprint density at radius 1 is 1.00 bits per heavy atom. The van der Waals surface area contributed by atoms with Gasteiger partial charge in [-0.25, -0.2) is 4.98 Å². The first-order valence-electron chi connectivity index (χ1n) is 8.64. The highest BCUT2D eigenvalue weighted by molar-refractivity contribution is 7.13. The summed E-state index contributed by atoms with van der Waals surface area (Å²) in [5.74, 6) is 1.49. The normalized spacial score (nSPS) is 10.7. The number of aryl methyl sites for hydroxylation is 1. The van der Waals surface area contributed by atoms with Gasteiger partial charge in [0.05, 0.1) is 12.1 Å². The van der Waals surface area contributed by atoms with Gasteiger partial charge in [-0.05, 0) is 42.3 Å². The summed E-state index contributed by atoms with van der Waals surface area (Å²) in [4.78, 5) is 16.8. The van der Waals surface area contributed by atoms with Crippen LogP contribution in [0, 0.1) is 6.92 Å². The molecule has 0 saturated carbocycles. The number of nitrogens with zero attached hydrogens (tertiary/aromatic N) is 1. The van der Waals surface area contributed by atoms with Crippen molar-refractivity contribution in [3.05, 3.63) is 83.6 Å². The van der Waals surface area contributed by atoms with Crippen LogP contribution < -0.4 is 5.32 Å². The van der Waals surface area contributed by atoms with Crippen molar-refractivity contribution in [2.45, 2.75) is 13.3 Å². The Kier molecular flexibility index (Phi) is 4.85. The molecule has 1 amide bonds. The molecule has 134 valence electrons. The second kappa shape index (κ2) is 7.60. The molecule has 0 aliphatic carbocycles. The van der Waals surface area contributed by atoms with Crippen molar-refractivity contribution >= 4 is 22.9 Å². The number of anilines is 1. The molecule has 0 aliphatic rings. The first-order valence-corrected chi connectivity index (χ1v) is 9.52. The van der Waals surface area contributed by atoms with Crippen molar-refractivity contribution in [1.29, 1.82) is 0 Å². The average Bonchev–Trinajstić information content (AvgIpc) is 3.32. The van der Waals surface area contributed by atoms with Gasteiger partial charge in [-0.3, -0.25) is 4.79 Å². The third-order valence-electron chi connectivity index (χ3n) is 4.12. The van der Waals surface area contributed by atoms with Gasteiger partial charge in [0, 0.05) is 11.1 Å². The van der Waals surface area contributed by atoms with Crippen LogP contribution >= 0.6 is 11.3 Å². The van der Waals surface area contributed by atoms with Gasteiger partial charge in [0.1, 0.15) is 5.76 Å². The summed E-state index contributed by atoms with van der Waals surface area (Å²) < 4.78 is 5.58. The lowest BCUT2D eigenvalue weighted by atomic mass is 10.1. The number of hydrogen-bond donors (Lipinski definition) is 1. The molecule has 2 heterocycles. The minimum atomic E-state index is -0.0880. The minimum Gasteiger partial charge on any atom is -0.459 e. The highest BCUT2D eigenvalue weighted by Gasteiger charge is 2.11. The first-order chi connectivity index (χ1) is 13.2. The van der Waals surface area contributed by atoms with Gasteiger partial charge in [-0.15, -0.1) is 11.3 Å². The number of rotatable bonds is 5. The summed E-state index contributed by atoms with van der Waals surface area (Å²) in [6.45, 7) is 1.90. The van der Waals surface area contributed by atoms with E-state index in [1.54, 1.807) is 0 Å². The van der Waals surface area contributed by atoms with E-state index in [2.05, 4.69) is 22.4 Å². The van der Waals surface area contributed by atoms with E-state index in [1.807, 2.05) is 66.9 Å². The van der Waals surface area contributed by atoms with Crippen molar-refractivity contribution < 1.29 is 9.21 Å². The van der Waals surface area contributed by atoms with E-state index >= 15 is 0 Å². The van der Waals surface area contributed by atoms with Crippen LogP contribution in [0.2, 0.25) is 0 Å². The molecule has 1 N–H and O–H groups in total. The molecule has 4 rings (SSSR count). The van der Waals surface area contributed by atoms with E-state index in [0.717, 1.165) is 39.0 Å². The van der Waals surface area contributed by atoms with Crippen LogP contribution in [0.25, 0.3) is 21.9 Å². The number of benzene rings is 2. The predicted molar refractivity (Wildman–Crippen MR) is 109 cm³/mol. The highest BCUT2D eigenvalue weighted by Crippen LogP contribution is 2.26. The maximum absolute atomic E-state index is 12.3. The average molecular weight is 374 g/mol. The molecule has 0 fully saturated rings. The number of aromatic nitrogens is 1. The molecule has 0 saturated heterocycles. The molecule has 2 aromatic heterocycles. The minimum absolute atomic E-state index is 0.0880. The predicted octanol–water partition coefficient (Wildman–Crippen LogP) is 5.56. The third-order valence-corrected chi connectivity index (χ3v) is 5.03. The van der Waals surface area contributed by atoms with Crippen molar-refractivity contribution in [2.75, 3.05) is 5.32 Å². The van der Waals surface area contributed by atoms with Crippen LogP contribution in [-0.4, -0.2) is 10.9 Å². The van der Waals surface area contributed by atoms with Crippen LogP contribution in [0.1, 0.15) is 11.5 Å². The molecule has 4 nitrogen and oxygen atoms in total. The molecule has 0 aliphatic heterocycles. The Morgan fingerprint density at radius 2 is 1.74 bits per heavy atom. The number of hydrogen-bond acceptors (Lipinski definition) is 4. The number of amides is 1. The van der Waals surface area contributed by atoms with Crippen molar-refractivity contribution in [3.8, 4) is 21.9 Å². The van der Waals surface area contributed by atoms with E-state index in [1.165, 1.54) is 11.3 Å². The highest BCUT2D eigenvalue weighted by atomic mass is 32.1. The summed E-state index contributed by atoms with van der Waals surface area (Å²) in [5.41, 5.74) is 3.78. The van der Waals surface area contributed by atoms with Crippen molar-refractivity contribution in [2.24, 2.45) is 0 Å². The fraction of sp³-hybridized carbons (Fsp3) is 0.0909. The second-order valence-electron chi connectivity index (χ2n) is 6.22. The number of carbonyl (C=O) groups is 1. The standard InChI is InChI=1S/C22H18N2O2S/c1-15-7-12-20(26-15)22-24-19(14-27-22)13-21(25)23-18-10-8-17(9-11-18)16-5-3-2-4-6-16/h2-12,14H,13H2,1H3,(H,23,25). The number of nitrogens with one attached hydrogen (secondary N) is 1. The van der Waals surface area contributed by atoms with E-state index in [4.69, 9.17) is 4.42 Å². The Bertz CT molecular complexity index is 1050. The Balaban J connectivity index is 1.39. The molecule has 2 aromatic carbocycles. The molecular formula is C22H18N2O2S. The number of thiazole rings is 1. The van der Waals surface area contributed by atoms with Crippen LogP contribution in [0.4, 0.5) is 5.69 Å². The van der Waals surface area contributed by atoms with Crippen LogP contribution in [-0.2, 0) is 11.2 Å². The summed E-state index contributed by atoms with van der Waals surface area (Å²) >= 11 is 1.48. The van der Waals surface area contributed by atoms with Crippen molar-refractivity contribution in [1.82, 2.24) is 4.98 Å². The number of carbonyl (C=O) groups excluding carboxylic acids is 1. The molecule has 0 unspecified atom stereocenters. The van der Waals surface area contributed by atoms with Gasteiger partial charge < -0.3 is 9.73 Å². The molecule has 27 heavy (non-hydrogen) atoms. The quantitative estimate of drug-likeness (QED) is 0.497. The molecule has 0 atom stereocenters. The molecule has 0 spiro atoms. The first kappa shape index (κ1) is 17.2. The smallest absolute Gasteiger partial charge is 0.230 e. The number of furan rings is 1. The maximum atomic E-state index is 12.3. The van der Waals surface area contributed by atoms with E-state index in [-0.39, 0.29) is 12.3 Å². The monoisotopic (exact) mass is 374 g/mol. The van der Waals surface area contributed by atoms with Gasteiger partial charge in [-0.2, -0.15) is 0 Å². The lowest BCUT2D eigenvalue weighted by Crippen LogP contribution is -2.14. The zero-order chi connectivity index (χ0) is 18.6. The molecule has 0 bridgehead atoms. The Hall–Kier alpha value is -3.18. The zero-order valence-corrected chi connectivity index (χ0v) is 15.6. The largest absolute Gasteiger partial charge is 0.459 e. The van der Waals surface area contributed by atoms with Gasteiger partial charge in [-0.1, -0.05) is 42.5 Å². The molecule has 4 aromatic rings. The van der Waals surface area contributed by atoms with Gasteiger partial charge >= 0.3 is 0 Å². The van der Waals surface area contributed by atoms with E-state index in [9.17, 15) is 4.79 Å². The SMILES string of the molecule is Cc1ccc(-c2nc(CC(=O)Nc3ccc(-c4ccccc4)cc3)cs2)o1. The summed E-state index contributed by atoms with van der Waals surface area (Å²) in [6, 6.07) is 21.8. The van der Waals surface area contributed by atoms with Crippen LogP contribution in [0.15, 0.2) is 76.5 Å². The Morgan fingerprint density at radius 3 is 2.44 bits per heavy atom. The lowest BCUT2D eigenvalue weighted by molar-refractivity contribution is -0.115. The fourth-order valence-corrected chi connectivity index (χ4v) is 3.58. The summed E-state index contributed by atoms with van der Waals surface area (Å²) in [5, 5.41) is 5.61. The molecular weight excluding hydrogens is 356 g/mol. The summed E-state index contributed by atoms with van der Waals surface area (Å²) in [7, 11) is 0. The van der Waals surface area contributed by atoms with Gasteiger partial charge in [0.15, 0.2) is 10.8 Å².